The van der Waals surface area contributed by atoms with E-state index in [1.54, 1.807) is 6.20 Å². The number of benzene rings is 1. The monoisotopic (exact) mass is 255 g/mol. The lowest BCUT2D eigenvalue weighted by Gasteiger charge is -2.30. The highest BCUT2D eigenvalue weighted by Crippen LogP contribution is 2.33. The first-order chi connectivity index (χ1) is 9.25. The molecule has 98 valence electrons. The summed E-state index contributed by atoms with van der Waals surface area (Å²) in [4.78, 5) is 4.10. The van der Waals surface area contributed by atoms with Gasteiger partial charge in [0.2, 0.25) is 0 Å². The van der Waals surface area contributed by atoms with E-state index in [1.807, 2.05) is 30.3 Å². The number of hydrogen-bond acceptors (Lipinski definition) is 4. The normalized spacial score (nSPS) is 19.3. The van der Waals surface area contributed by atoms with E-state index in [-0.39, 0.29) is 12.0 Å². The predicted octanol–water partition coefficient (Wildman–Crippen LogP) is 1.91. The van der Waals surface area contributed by atoms with E-state index in [9.17, 15) is 0 Å². The Bertz CT molecular complexity index is 585. The van der Waals surface area contributed by atoms with Crippen LogP contribution in [0.5, 0.6) is 5.75 Å². The largest absolute Gasteiger partial charge is 0.493 e. The maximum absolute atomic E-state index is 6.33. The summed E-state index contributed by atoms with van der Waals surface area (Å²) in [5.74, 6) is 1.69. The summed E-state index contributed by atoms with van der Waals surface area (Å²) < 4.78 is 5.78. The first kappa shape index (κ1) is 12.0. The van der Waals surface area contributed by atoms with Gasteiger partial charge >= 0.3 is 0 Å². The summed E-state index contributed by atoms with van der Waals surface area (Å²) >= 11 is 0. The van der Waals surface area contributed by atoms with E-state index in [0.717, 1.165) is 17.7 Å². The second-order valence-corrected chi connectivity index (χ2v) is 4.89. The van der Waals surface area contributed by atoms with E-state index in [1.165, 1.54) is 5.56 Å². The van der Waals surface area contributed by atoms with Crippen molar-refractivity contribution in [2.75, 3.05) is 12.3 Å². The number of nitrogens with two attached hydrogens (primary N) is 2. The predicted molar refractivity (Wildman–Crippen MR) is 74.7 cm³/mol. The molecule has 4 heteroatoms. The van der Waals surface area contributed by atoms with Crippen LogP contribution in [0.1, 0.15) is 17.2 Å². The fourth-order valence-electron chi connectivity index (χ4n) is 2.55. The van der Waals surface area contributed by atoms with Crippen LogP contribution in [-0.4, -0.2) is 11.6 Å². The fraction of sp³-hybridized carbons (Fsp3) is 0.267. The Morgan fingerprint density at radius 2 is 2.05 bits per heavy atom. The number of anilines is 1. The highest BCUT2D eigenvalue weighted by Gasteiger charge is 2.27. The van der Waals surface area contributed by atoms with Crippen molar-refractivity contribution in [3.63, 3.8) is 0 Å². The van der Waals surface area contributed by atoms with Crippen molar-refractivity contribution in [1.82, 2.24) is 4.98 Å². The minimum atomic E-state index is -0.151. The lowest BCUT2D eigenvalue weighted by Crippen LogP contribution is -2.32. The molecule has 2 unspecified atom stereocenters. The van der Waals surface area contributed by atoms with Gasteiger partial charge in [-0.3, -0.25) is 0 Å². The van der Waals surface area contributed by atoms with Crippen LogP contribution >= 0.6 is 0 Å². The van der Waals surface area contributed by atoms with Crippen LogP contribution in [-0.2, 0) is 6.42 Å². The average Bonchev–Trinajstić information content (AvgIpc) is 2.46. The maximum Gasteiger partial charge on any atom is 0.128 e. The van der Waals surface area contributed by atoms with E-state index in [2.05, 4.69) is 11.1 Å². The molecule has 2 atom stereocenters. The molecule has 4 nitrogen and oxygen atoms in total. The Hall–Kier alpha value is -2.07. The second-order valence-electron chi connectivity index (χ2n) is 4.89. The second kappa shape index (κ2) is 4.90. The Morgan fingerprint density at radius 1 is 1.21 bits per heavy atom. The van der Waals surface area contributed by atoms with Crippen LogP contribution in [0.3, 0.4) is 0 Å². The molecule has 4 N–H and O–H groups in total. The third-order valence-electron chi connectivity index (χ3n) is 3.65. The molecule has 0 fully saturated rings. The number of aromatic nitrogens is 1. The topological polar surface area (TPSA) is 74.2 Å². The van der Waals surface area contributed by atoms with Gasteiger partial charge in [0, 0.05) is 23.7 Å². The molecule has 19 heavy (non-hydrogen) atoms. The average molecular weight is 255 g/mol. The summed E-state index contributed by atoms with van der Waals surface area (Å²) in [5.41, 5.74) is 14.3. The third-order valence-corrected chi connectivity index (χ3v) is 3.65. The van der Waals surface area contributed by atoms with Crippen molar-refractivity contribution in [3.05, 3.63) is 53.7 Å². The van der Waals surface area contributed by atoms with Gasteiger partial charge in [-0.15, -0.1) is 0 Å². The van der Waals surface area contributed by atoms with E-state index >= 15 is 0 Å². The molecule has 0 bridgehead atoms. The van der Waals surface area contributed by atoms with E-state index in [0.29, 0.717) is 12.4 Å². The molecule has 0 radical (unpaired) electrons. The van der Waals surface area contributed by atoms with Crippen molar-refractivity contribution in [2.45, 2.75) is 12.5 Å². The molecule has 0 aliphatic carbocycles. The number of hydrogen-bond donors (Lipinski definition) is 2. The highest BCUT2D eigenvalue weighted by molar-refractivity contribution is 5.42. The summed E-state index contributed by atoms with van der Waals surface area (Å²) in [6, 6.07) is 11.7. The Morgan fingerprint density at radius 3 is 2.89 bits per heavy atom. The molecule has 0 saturated heterocycles. The number of ether oxygens (including phenoxy) is 1. The van der Waals surface area contributed by atoms with E-state index in [4.69, 9.17) is 16.2 Å². The third kappa shape index (κ3) is 2.27. The first-order valence-electron chi connectivity index (χ1n) is 6.42. The van der Waals surface area contributed by atoms with Gasteiger partial charge in [-0.05, 0) is 24.1 Å². The molecule has 1 aromatic carbocycles. The standard InChI is InChI=1S/C15H17N3O/c16-14(12-5-3-7-18-15(12)17)11-8-10-4-1-2-6-13(10)19-9-11/h1-7,11,14H,8-9,16H2,(H2,17,18). The van der Waals surface area contributed by atoms with Crippen molar-refractivity contribution in [1.29, 1.82) is 0 Å². The summed E-state index contributed by atoms with van der Waals surface area (Å²) in [7, 11) is 0. The number of rotatable bonds is 2. The van der Waals surface area contributed by atoms with Gasteiger partial charge in [0.05, 0.1) is 6.61 Å². The minimum Gasteiger partial charge on any atom is -0.493 e. The molecule has 1 aromatic heterocycles. The van der Waals surface area contributed by atoms with E-state index < -0.39 is 0 Å². The zero-order valence-corrected chi connectivity index (χ0v) is 10.6. The minimum absolute atomic E-state index is 0.151. The smallest absolute Gasteiger partial charge is 0.128 e. The summed E-state index contributed by atoms with van der Waals surface area (Å²) in [6.45, 7) is 0.618. The quantitative estimate of drug-likeness (QED) is 0.859. The van der Waals surface area contributed by atoms with Crippen LogP contribution in [0.2, 0.25) is 0 Å². The van der Waals surface area contributed by atoms with Crippen LogP contribution in [0, 0.1) is 5.92 Å². The Balaban J connectivity index is 1.83. The molecule has 0 saturated carbocycles. The summed E-state index contributed by atoms with van der Waals surface area (Å²) in [5, 5.41) is 0. The maximum atomic E-state index is 6.33. The van der Waals surface area contributed by atoms with Gasteiger partial charge in [0.15, 0.2) is 0 Å². The summed E-state index contributed by atoms with van der Waals surface area (Å²) in [6.07, 6.45) is 2.59. The zero-order chi connectivity index (χ0) is 13.2. The molecule has 0 spiro atoms. The molecule has 2 aromatic rings. The number of para-hydroxylation sites is 1. The SMILES string of the molecule is Nc1ncccc1C(N)C1COc2ccccc2C1. The molecule has 1 aliphatic rings. The van der Waals surface area contributed by atoms with Crippen molar-refractivity contribution in [2.24, 2.45) is 11.7 Å². The Kier molecular flexibility index (Phi) is 3.09. The molecule has 3 rings (SSSR count). The van der Waals surface area contributed by atoms with Crippen LogP contribution in [0.25, 0.3) is 0 Å². The van der Waals surface area contributed by atoms with Crippen molar-refractivity contribution < 1.29 is 4.74 Å². The molecular weight excluding hydrogens is 238 g/mol. The molecule has 1 aliphatic heterocycles. The molecular formula is C15H17N3O. The van der Waals surface area contributed by atoms with Gasteiger partial charge in [0.1, 0.15) is 11.6 Å². The van der Waals surface area contributed by atoms with Crippen LogP contribution in [0.15, 0.2) is 42.6 Å². The highest BCUT2D eigenvalue weighted by atomic mass is 16.5. The van der Waals surface area contributed by atoms with Gasteiger partial charge in [0.25, 0.3) is 0 Å². The number of nitrogens with zero attached hydrogens (tertiary/aromatic N) is 1. The van der Waals surface area contributed by atoms with Crippen molar-refractivity contribution >= 4 is 5.82 Å². The lowest BCUT2D eigenvalue weighted by molar-refractivity contribution is 0.200. The van der Waals surface area contributed by atoms with Crippen molar-refractivity contribution in [3.8, 4) is 5.75 Å². The fourth-order valence-corrected chi connectivity index (χ4v) is 2.55. The number of pyridine rings is 1. The van der Waals surface area contributed by atoms with Gasteiger partial charge in [-0.2, -0.15) is 0 Å². The lowest BCUT2D eigenvalue weighted by atomic mass is 9.87. The molecule has 2 heterocycles. The first-order valence-corrected chi connectivity index (χ1v) is 6.42. The van der Waals surface area contributed by atoms with Gasteiger partial charge in [-0.25, -0.2) is 4.98 Å². The zero-order valence-electron chi connectivity index (χ0n) is 10.6. The van der Waals surface area contributed by atoms with Crippen LogP contribution in [0.4, 0.5) is 5.82 Å². The van der Waals surface area contributed by atoms with Crippen LogP contribution < -0.4 is 16.2 Å². The van der Waals surface area contributed by atoms with Gasteiger partial charge in [-0.1, -0.05) is 24.3 Å². The van der Waals surface area contributed by atoms with Gasteiger partial charge < -0.3 is 16.2 Å². The Labute approximate surface area is 112 Å². The number of fused-ring (bicyclic) bond motifs is 1. The number of nitrogen functional groups attached to an aromatic ring is 1. The molecule has 0 amide bonds.